The topological polar surface area (TPSA) is 66.5 Å². The van der Waals surface area contributed by atoms with Gasteiger partial charge in [-0.3, -0.25) is 14.4 Å². The van der Waals surface area contributed by atoms with Crippen molar-refractivity contribution in [1.82, 2.24) is 5.32 Å². The third-order valence-corrected chi connectivity index (χ3v) is 6.07. The van der Waals surface area contributed by atoms with Crippen molar-refractivity contribution in [1.29, 1.82) is 0 Å². The minimum atomic E-state index is -0.404. The highest BCUT2D eigenvalue weighted by molar-refractivity contribution is 6.35. The van der Waals surface area contributed by atoms with Crippen LogP contribution in [0.1, 0.15) is 56.8 Å². The summed E-state index contributed by atoms with van der Waals surface area (Å²) in [5, 5.41) is 3.04. The number of nitrogens with zero attached hydrogens (tertiary/aromatic N) is 1. The molecule has 31 heavy (non-hydrogen) atoms. The molecule has 5 heteroatoms. The monoisotopic (exact) mass is 410 g/mol. The van der Waals surface area contributed by atoms with E-state index in [2.05, 4.69) is 5.32 Å². The first-order chi connectivity index (χ1) is 15.1. The Balaban J connectivity index is 1.48. The van der Waals surface area contributed by atoms with E-state index in [1.807, 2.05) is 48.5 Å². The number of fused-ring (bicyclic) bond motifs is 1. The second-order valence-corrected chi connectivity index (χ2v) is 8.04. The molecule has 0 atom stereocenters. The highest BCUT2D eigenvalue weighted by atomic mass is 16.2. The van der Waals surface area contributed by atoms with Crippen molar-refractivity contribution in [2.75, 3.05) is 4.90 Å². The summed E-state index contributed by atoms with van der Waals surface area (Å²) in [6.45, 7) is 0. The predicted octanol–water partition coefficient (Wildman–Crippen LogP) is 4.83. The van der Waals surface area contributed by atoms with E-state index in [1.165, 1.54) is 4.90 Å². The van der Waals surface area contributed by atoms with Gasteiger partial charge in [0, 0.05) is 17.2 Å². The summed E-state index contributed by atoms with van der Waals surface area (Å²) < 4.78 is 0. The van der Waals surface area contributed by atoms with E-state index in [0.29, 0.717) is 16.8 Å². The van der Waals surface area contributed by atoms with Crippen LogP contribution in [-0.4, -0.2) is 23.8 Å². The van der Waals surface area contributed by atoms with Crippen LogP contribution in [0.2, 0.25) is 0 Å². The Labute approximate surface area is 180 Å². The summed E-state index contributed by atoms with van der Waals surface area (Å²) in [6, 6.07) is 22.0. The summed E-state index contributed by atoms with van der Waals surface area (Å²) in [4.78, 5) is 40.3. The number of hydrogen-bond donors (Lipinski definition) is 1. The van der Waals surface area contributed by atoms with Crippen molar-refractivity contribution in [2.24, 2.45) is 0 Å². The number of amides is 3. The van der Waals surface area contributed by atoms with Gasteiger partial charge in [0.1, 0.15) is 0 Å². The Morgan fingerprint density at radius 3 is 2.23 bits per heavy atom. The molecule has 5 rings (SSSR count). The van der Waals surface area contributed by atoms with Crippen LogP contribution in [0.5, 0.6) is 0 Å². The van der Waals surface area contributed by atoms with Gasteiger partial charge >= 0.3 is 0 Å². The first-order valence-electron chi connectivity index (χ1n) is 10.6. The molecule has 0 aromatic heterocycles. The van der Waals surface area contributed by atoms with E-state index in [9.17, 15) is 14.4 Å². The Hall–Kier alpha value is -3.73. The fourth-order valence-corrected chi connectivity index (χ4v) is 4.47. The van der Waals surface area contributed by atoms with Crippen molar-refractivity contribution in [2.45, 2.75) is 31.7 Å². The van der Waals surface area contributed by atoms with Crippen LogP contribution in [-0.2, 0) is 0 Å². The molecule has 1 saturated carbocycles. The molecular formula is C26H22N2O3. The highest BCUT2D eigenvalue weighted by Crippen LogP contribution is 2.36. The fourth-order valence-electron chi connectivity index (χ4n) is 4.47. The fraction of sp³-hybridized carbons (Fsp3) is 0.192. The van der Waals surface area contributed by atoms with Gasteiger partial charge in [-0.25, -0.2) is 4.90 Å². The van der Waals surface area contributed by atoms with Crippen molar-refractivity contribution in [3.8, 4) is 11.1 Å². The molecule has 0 radical (unpaired) electrons. The van der Waals surface area contributed by atoms with Crippen LogP contribution >= 0.6 is 0 Å². The molecule has 0 unspecified atom stereocenters. The Kier molecular flexibility index (Phi) is 4.86. The van der Waals surface area contributed by atoms with Gasteiger partial charge in [-0.2, -0.15) is 0 Å². The molecule has 3 amide bonds. The molecular weight excluding hydrogens is 388 g/mol. The zero-order chi connectivity index (χ0) is 21.4. The number of carbonyl (C=O) groups excluding carboxylic acids is 3. The smallest absolute Gasteiger partial charge is 0.266 e. The van der Waals surface area contributed by atoms with E-state index < -0.39 is 5.91 Å². The lowest BCUT2D eigenvalue weighted by Gasteiger charge is -2.18. The lowest BCUT2D eigenvalue weighted by Crippen LogP contribution is -2.32. The van der Waals surface area contributed by atoms with E-state index >= 15 is 0 Å². The molecule has 5 nitrogen and oxygen atoms in total. The Morgan fingerprint density at radius 2 is 1.45 bits per heavy atom. The van der Waals surface area contributed by atoms with Gasteiger partial charge in [0.05, 0.1) is 16.8 Å². The van der Waals surface area contributed by atoms with Crippen LogP contribution in [0.15, 0.2) is 72.8 Å². The number of imide groups is 1. The van der Waals surface area contributed by atoms with Gasteiger partial charge in [-0.15, -0.1) is 0 Å². The van der Waals surface area contributed by atoms with Gasteiger partial charge in [-0.05, 0) is 42.7 Å². The van der Waals surface area contributed by atoms with Crippen LogP contribution in [0.4, 0.5) is 5.69 Å². The second kappa shape index (κ2) is 7.84. The molecule has 1 fully saturated rings. The maximum absolute atomic E-state index is 13.3. The Bertz CT molecular complexity index is 1180. The Morgan fingerprint density at radius 1 is 0.774 bits per heavy atom. The molecule has 0 saturated heterocycles. The van der Waals surface area contributed by atoms with Gasteiger partial charge in [-0.1, -0.05) is 61.4 Å². The largest absolute Gasteiger partial charge is 0.349 e. The van der Waals surface area contributed by atoms with Crippen LogP contribution in [0.25, 0.3) is 11.1 Å². The molecule has 0 bridgehead atoms. The first-order valence-corrected chi connectivity index (χ1v) is 10.6. The van der Waals surface area contributed by atoms with E-state index in [-0.39, 0.29) is 23.4 Å². The predicted molar refractivity (Wildman–Crippen MR) is 119 cm³/mol. The molecule has 3 aromatic carbocycles. The minimum absolute atomic E-state index is 0.187. The third-order valence-electron chi connectivity index (χ3n) is 6.07. The molecule has 1 aliphatic heterocycles. The molecule has 154 valence electrons. The number of anilines is 1. The zero-order valence-corrected chi connectivity index (χ0v) is 17.0. The summed E-state index contributed by atoms with van der Waals surface area (Å²) in [6.07, 6.45) is 4.21. The average Bonchev–Trinajstić information content (AvgIpc) is 3.40. The van der Waals surface area contributed by atoms with E-state index in [0.717, 1.165) is 36.8 Å². The number of para-hydroxylation sites is 1. The normalized spacial score (nSPS) is 15.9. The summed E-state index contributed by atoms with van der Waals surface area (Å²) in [5.41, 5.74) is 3.27. The minimum Gasteiger partial charge on any atom is -0.349 e. The average molecular weight is 410 g/mol. The molecule has 2 aliphatic rings. The summed E-state index contributed by atoms with van der Waals surface area (Å²) in [5.74, 6) is -0.969. The SMILES string of the molecule is O=C(NC1CCCC1)c1ccc2c(c1)C(=O)N(c1ccccc1-c1ccccc1)C2=O. The lowest BCUT2D eigenvalue weighted by molar-refractivity contribution is 0.0921. The van der Waals surface area contributed by atoms with Crippen LogP contribution in [0, 0.1) is 0 Å². The number of rotatable bonds is 4. The molecule has 1 aliphatic carbocycles. The maximum Gasteiger partial charge on any atom is 0.266 e. The van der Waals surface area contributed by atoms with Crippen LogP contribution in [0.3, 0.4) is 0 Å². The van der Waals surface area contributed by atoms with Gasteiger partial charge < -0.3 is 5.32 Å². The van der Waals surface area contributed by atoms with Crippen molar-refractivity contribution in [3.63, 3.8) is 0 Å². The number of carbonyl (C=O) groups is 3. The lowest BCUT2D eigenvalue weighted by atomic mass is 10.0. The van der Waals surface area contributed by atoms with Gasteiger partial charge in [0.2, 0.25) is 0 Å². The van der Waals surface area contributed by atoms with Gasteiger partial charge in [0.25, 0.3) is 17.7 Å². The number of nitrogens with one attached hydrogen (secondary N) is 1. The van der Waals surface area contributed by atoms with Crippen molar-refractivity contribution in [3.05, 3.63) is 89.5 Å². The maximum atomic E-state index is 13.3. The highest BCUT2D eigenvalue weighted by Gasteiger charge is 2.38. The third kappa shape index (κ3) is 3.42. The second-order valence-electron chi connectivity index (χ2n) is 8.04. The molecule has 0 spiro atoms. The molecule has 1 heterocycles. The molecule has 3 aromatic rings. The van der Waals surface area contributed by atoms with Crippen molar-refractivity contribution < 1.29 is 14.4 Å². The van der Waals surface area contributed by atoms with E-state index in [1.54, 1.807) is 24.3 Å². The summed E-state index contributed by atoms with van der Waals surface area (Å²) in [7, 11) is 0. The standard InChI is InChI=1S/C26H22N2O3/c29-24(27-19-10-4-5-11-19)18-14-15-21-22(16-18)26(31)28(25(21)30)23-13-7-6-12-20(23)17-8-2-1-3-9-17/h1-3,6-9,12-16,19H,4-5,10-11H2,(H,27,29). The van der Waals surface area contributed by atoms with Crippen LogP contribution < -0.4 is 10.2 Å². The van der Waals surface area contributed by atoms with Crippen molar-refractivity contribution >= 4 is 23.4 Å². The zero-order valence-electron chi connectivity index (χ0n) is 17.0. The first kappa shape index (κ1) is 19.2. The number of hydrogen-bond acceptors (Lipinski definition) is 3. The molecule has 1 N–H and O–H groups in total. The van der Waals surface area contributed by atoms with Gasteiger partial charge in [0.15, 0.2) is 0 Å². The van der Waals surface area contributed by atoms with E-state index in [4.69, 9.17) is 0 Å². The summed E-state index contributed by atoms with van der Waals surface area (Å²) >= 11 is 0. The quantitative estimate of drug-likeness (QED) is 0.627. The number of benzene rings is 3.